The number of aromatic nitrogens is 2. The second kappa shape index (κ2) is 9.77. The number of methoxy groups -OCH3 is 1. The number of benzene rings is 3. The van der Waals surface area contributed by atoms with Crippen LogP contribution in [0.4, 0.5) is 0 Å². The molecule has 4 rings (SSSR count). The van der Waals surface area contributed by atoms with Gasteiger partial charge in [-0.2, -0.15) is 0 Å². The summed E-state index contributed by atoms with van der Waals surface area (Å²) in [5.74, 6) is 2.00. The van der Waals surface area contributed by atoms with Gasteiger partial charge in [-0.1, -0.05) is 36.4 Å². The number of fused-ring (bicyclic) bond motifs is 1. The normalized spacial score (nSPS) is 11.9. The Morgan fingerprint density at radius 2 is 1.79 bits per heavy atom. The van der Waals surface area contributed by atoms with Crippen LogP contribution in [0.2, 0.25) is 0 Å². The highest BCUT2D eigenvalue weighted by Gasteiger charge is 2.20. The summed E-state index contributed by atoms with van der Waals surface area (Å²) >= 11 is 0. The molecule has 0 saturated carbocycles. The molecule has 0 aliphatic rings. The van der Waals surface area contributed by atoms with Crippen LogP contribution in [0.3, 0.4) is 0 Å². The Hall–Kier alpha value is -3.80. The molecule has 170 valence electrons. The summed E-state index contributed by atoms with van der Waals surface area (Å²) in [7, 11) is 1.56. The molecule has 1 heterocycles. The number of rotatable bonds is 8. The highest BCUT2D eigenvalue weighted by Crippen LogP contribution is 2.24. The molecule has 1 atom stereocenters. The van der Waals surface area contributed by atoms with Gasteiger partial charge in [0.1, 0.15) is 23.9 Å². The van der Waals surface area contributed by atoms with Gasteiger partial charge in [-0.05, 0) is 62.2 Å². The van der Waals surface area contributed by atoms with Crippen LogP contribution >= 0.6 is 0 Å². The van der Waals surface area contributed by atoms with E-state index in [9.17, 15) is 4.79 Å². The molecule has 0 bridgehead atoms. The minimum absolute atomic E-state index is 0.204. The van der Waals surface area contributed by atoms with Gasteiger partial charge in [0, 0.05) is 0 Å². The highest BCUT2D eigenvalue weighted by molar-refractivity contribution is 5.97. The molecule has 0 aliphatic heterocycles. The van der Waals surface area contributed by atoms with E-state index in [-0.39, 0.29) is 11.9 Å². The Bertz CT molecular complexity index is 1280. The first-order chi connectivity index (χ1) is 16.0. The molecule has 1 N–H and O–H groups in total. The van der Waals surface area contributed by atoms with Crippen molar-refractivity contribution < 1.29 is 14.3 Å². The van der Waals surface area contributed by atoms with Crippen LogP contribution in [0.1, 0.15) is 40.3 Å². The van der Waals surface area contributed by atoms with E-state index in [0.717, 1.165) is 33.7 Å². The van der Waals surface area contributed by atoms with Crippen molar-refractivity contribution in [3.63, 3.8) is 0 Å². The summed E-state index contributed by atoms with van der Waals surface area (Å²) in [4.78, 5) is 17.8. The van der Waals surface area contributed by atoms with E-state index in [1.165, 1.54) is 0 Å². The van der Waals surface area contributed by atoms with Crippen molar-refractivity contribution in [3.8, 4) is 11.5 Å². The van der Waals surface area contributed by atoms with Crippen molar-refractivity contribution in [2.75, 3.05) is 13.7 Å². The highest BCUT2D eigenvalue weighted by atomic mass is 16.5. The van der Waals surface area contributed by atoms with Crippen LogP contribution in [0.5, 0.6) is 11.5 Å². The number of nitrogens with zero attached hydrogens (tertiary/aromatic N) is 2. The summed E-state index contributed by atoms with van der Waals surface area (Å²) < 4.78 is 13.6. The summed E-state index contributed by atoms with van der Waals surface area (Å²) in [5, 5.41) is 3.07. The molecule has 0 aliphatic carbocycles. The van der Waals surface area contributed by atoms with Crippen molar-refractivity contribution in [2.24, 2.45) is 0 Å². The number of carbonyl (C=O) groups excluding carboxylic acids is 1. The van der Waals surface area contributed by atoms with E-state index >= 15 is 0 Å². The molecule has 1 unspecified atom stereocenters. The topological polar surface area (TPSA) is 65.4 Å². The van der Waals surface area contributed by atoms with E-state index in [2.05, 4.69) is 35.0 Å². The standard InChI is InChI=1S/C27H29N3O3/c1-18-13-14-19(2)25(17-18)33-16-15-30-23-11-7-6-10-22(23)29-26(30)20(3)28-27(31)21-9-5-8-12-24(21)32-4/h5-14,17,20H,15-16H2,1-4H3,(H,28,31). The maximum absolute atomic E-state index is 13.0. The molecule has 0 spiro atoms. The lowest BCUT2D eigenvalue weighted by atomic mass is 10.1. The molecule has 1 amide bonds. The van der Waals surface area contributed by atoms with E-state index < -0.39 is 0 Å². The number of para-hydroxylation sites is 3. The number of imidazole rings is 1. The second-order valence-corrected chi connectivity index (χ2v) is 8.12. The summed E-state index contributed by atoms with van der Waals surface area (Å²) in [6, 6.07) is 21.1. The van der Waals surface area contributed by atoms with Crippen molar-refractivity contribution >= 4 is 16.9 Å². The Balaban J connectivity index is 1.56. The number of carbonyl (C=O) groups is 1. The molecule has 6 heteroatoms. The first-order valence-corrected chi connectivity index (χ1v) is 11.1. The molecule has 1 aromatic heterocycles. The van der Waals surface area contributed by atoms with Gasteiger partial charge in [0.25, 0.3) is 5.91 Å². The van der Waals surface area contributed by atoms with Crippen molar-refractivity contribution in [1.29, 1.82) is 0 Å². The predicted molar refractivity (Wildman–Crippen MR) is 130 cm³/mol. The fraction of sp³-hybridized carbons (Fsp3) is 0.259. The number of ether oxygens (including phenoxy) is 2. The zero-order chi connectivity index (χ0) is 23.4. The predicted octanol–water partition coefficient (Wildman–Crippen LogP) is 5.23. The number of hydrogen-bond donors (Lipinski definition) is 1. The Morgan fingerprint density at radius 1 is 1.03 bits per heavy atom. The number of amides is 1. The maximum atomic E-state index is 13.0. The third-order valence-electron chi connectivity index (χ3n) is 5.69. The molecule has 4 aromatic rings. The molecular formula is C27H29N3O3. The third-order valence-corrected chi connectivity index (χ3v) is 5.69. The minimum atomic E-state index is -0.310. The lowest BCUT2D eigenvalue weighted by Crippen LogP contribution is -2.29. The van der Waals surface area contributed by atoms with Crippen LogP contribution < -0.4 is 14.8 Å². The van der Waals surface area contributed by atoms with Crippen molar-refractivity contribution in [1.82, 2.24) is 14.9 Å². The monoisotopic (exact) mass is 443 g/mol. The summed E-state index contributed by atoms with van der Waals surface area (Å²) in [5.41, 5.74) is 4.66. The summed E-state index contributed by atoms with van der Waals surface area (Å²) in [6.07, 6.45) is 0. The third kappa shape index (κ3) is 4.85. The Kier molecular flexibility index (Phi) is 6.63. The van der Waals surface area contributed by atoms with Gasteiger partial charge in [0.2, 0.25) is 0 Å². The number of nitrogens with one attached hydrogen (secondary N) is 1. The fourth-order valence-corrected chi connectivity index (χ4v) is 3.94. The SMILES string of the molecule is COc1ccccc1C(=O)NC(C)c1nc2ccccc2n1CCOc1cc(C)ccc1C. The quantitative estimate of drug-likeness (QED) is 0.405. The van der Waals surface area contributed by atoms with Gasteiger partial charge in [0.15, 0.2) is 0 Å². The molecule has 0 radical (unpaired) electrons. The number of hydrogen-bond acceptors (Lipinski definition) is 4. The van der Waals surface area contributed by atoms with Crippen LogP contribution in [0, 0.1) is 13.8 Å². The lowest BCUT2D eigenvalue weighted by molar-refractivity contribution is 0.0934. The first-order valence-electron chi connectivity index (χ1n) is 11.1. The van der Waals surface area contributed by atoms with Gasteiger partial charge in [-0.15, -0.1) is 0 Å². The van der Waals surface area contributed by atoms with E-state index in [0.29, 0.717) is 24.5 Å². The molecule has 0 fully saturated rings. The van der Waals surface area contributed by atoms with Crippen LogP contribution in [-0.2, 0) is 6.54 Å². The first kappa shape index (κ1) is 22.4. The maximum Gasteiger partial charge on any atom is 0.255 e. The zero-order valence-corrected chi connectivity index (χ0v) is 19.5. The lowest BCUT2D eigenvalue weighted by Gasteiger charge is -2.18. The minimum Gasteiger partial charge on any atom is -0.496 e. The molecular weight excluding hydrogens is 414 g/mol. The fourth-order valence-electron chi connectivity index (χ4n) is 3.94. The van der Waals surface area contributed by atoms with Gasteiger partial charge in [-0.3, -0.25) is 4.79 Å². The van der Waals surface area contributed by atoms with Gasteiger partial charge in [0.05, 0.1) is 36.3 Å². The van der Waals surface area contributed by atoms with E-state index in [1.54, 1.807) is 19.2 Å². The van der Waals surface area contributed by atoms with E-state index in [1.807, 2.05) is 50.2 Å². The second-order valence-electron chi connectivity index (χ2n) is 8.12. The smallest absolute Gasteiger partial charge is 0.255 e. The van der Waals surface area contributed by atoms with Crippen molar-refractivity contribution in [3.05, 3.63) is 89.2 Å². The Morgan fingerprint density at radius 3 is 2.61 bits per heavy atom. The summed E-state index contributed by atoms with van der Waals surface area (Å²) in [6.45, 7) is 7.14. The van der Waals surface area contributed by atoms with Gasteiger partial charge < -0.3 is 19.4 Å². The largest absolute Gasteiger partial charge is 0.496 e. The van der Waals surface area contributed by atoms with E-state index in [4.69, 9.17) is 14.5 Å². The van der Waals surface area contributed by atoms with Gasteiger partial charge in [-0.25, -0.2) is 4.98 Å². The number of aryl methyl sites for hydroxylation is 2. The van der Waals surface area contributed by atoms with Crippen LogP contribution in [-0.4, -0.2) is 29.2 Å². The van der Waals surface area contributed by atoms with Crippen LogP contribution in [0.25, 0.3) is 11.0 Å². The average molecular weight is 444 g/mol. The molecule has 33 heavy (non-hydrogen) atoms. The zero-order valence-electron chi connectivity index (χ0n) is 19.5. The molecule has 0 saturated heterocycles. The van der Waals surface area contributed by atoms with Gasteiger partial charge >= 0.3 is 0 Å². The molecule has 3 aromatic carbocycles. The average Bonchev–Trinajstić information content (AvgIpc) is 3.20. The Labute approximate surface area is 194 Å². The van der Waals surface area contributed by atoms with Crippen molar-refractivity contribution in [2.45, 2.75) is 33.4 Å². The van der Waals surface area contributed by atoms with Crippen LogP contribution in [0.15, 0.2) is 66.7 Å². The molecule has 6 nitrogen and oxygen atoms in total.